The van der Waals surface area contributed by atoms with Crippen molar-refractivity contribution >= 4 is 5.91 Å². The lowest BCUT2D eigenvalue weighted by Crippen LogP contribution is -2.24. The molecular formula is C7H16N2O. The van der Waals surface area contributed by atoms with E-state index in [1.54, 1.807) is 0 Å². The Hall–Kier alpha value is -0.570. The van der Waals surface area contributed by atoms with Crippen LogP contribution in [0, 0.1) is 0 Å². The lowest BCUT2D eigenvalue weighted by atomic mass is 10.4. The molecular weight excluding hydrogens is 128 g/mol. The molecule has 0 radical (unpaired) electrons. The molecule has 0 bridgehead atoms. The molecule has 0 atom stereocenters. The Kier molecular flexibility index (Phi) is 4.03. The van der Waals surface area contributed by atoms with Gasteiger partial charge in [0, 0.05) is 19.5 Å². The highest BCUT2D eigenvalue weighted by atomic mass is 16.2. The predicted octanol–water partition coefficient (Wildman–Crippen LogP) is 1.18. The lowest BCUT2D eigenvalue weighted by molar-refractivity contribution is -0.127. The van der Waals surface area contributed by atoms with E-state index in [1.165, 1.54) is 0 Å². The van der Waals surface area contributed by atoms with E-state index in [4.69, 9.17) is 0 Å². The van der Waals surface area contributed by atoms with Gasteiger partial charge in [0.05, 0.1) is 0 Å². The Bertz CT molecular complexity index is 114. The second kappa shape index (κ2) is 4.28. The second-order valence-corrected chi connectivity index (χ2v) is 2.48. The highest BCUT2D eigenvalue weighted by molar-refractivity contribution is 5.77. The van der Waals surface area contributed by atoms with Gasteiger partial charge in [0.15, 0.2) is 0 Å². The van der Waals surface area contributed by atoms with E-state index in [2.05, 4.69) is 6.92 Å². The lowest BCUT2D eigenvalue weighted by Gasteiger charge is -2.12. The largest absolute Gasteiger partial charge is 0.344 e. The van der Waals surface area contributed by atoms with E-state index in [0.29, 0.717) is 5.91 Å². The first-order chi connectivity index (χ1) is 4.34. The number of nitrogens with zero attached hydrogens (tertiary/aromatic N) is 1. The van der Waals surface area contributed by atoms with E-state index in [9.17, 15) is 4.79 Å². The SMILES string of the molecule is CCCN1CCCC1=O.N. The first-order valence-corrected chi connectivity index (χ1v) is 3.62. The predicted molar refractivity (Wildman–Crippen MR) is 41.1 cm³/mol. The molecule has 0 unspecified atom stereocenters. The standard InChI is InChI=1S/C7H13NO.H3N/c1-2-5-8-6-3-4-7(8)9;/h2-6H2,1H3;1H3. The number of hydrogen-bond acceptors (Lipinski definition) is 2. The topological polar surface area (TPSA) is 55.3 Å². The van der Waals surface area contributed by atoms with Crippen LogP contribution in [0.4, 0.5) is 0 Å². The molecule has 1 rings (SSSR count). The van der Waals surface area contributed by atoms with Gasteiger partial charge in [-0.25, -0.2) is 0 Å². The summed E-state index contributed by atoms with van der Waals surface area (Å²) >= 11 is 0. The van der Waals surface area contributed by atoms with E-state index in [1.807, 2.05) is 4.90 Å². The average molecular weight is 144 g/mol. The van der Waals surface area contributed by atoms with Crippen LogP contribution in [0.5, 0.6) is 0 Å². The van der Waals surface area contributed by atoms with Crippen molar-refractivity contribution in [3.8, 4) is 0 Å². The number of carbonyl (C=O) groups is 1. The van der Waals surface area contributed by atoms with Gasteiger partial charge in [-0.15, -0.1) is 0 Å². The number of carbonyl (C=O) groups excluding carboxylic acids is 1. The maximum Gasteiger partial charge on any atom is 0.222 e. The smallest absolute Gasteiger partial charge is 0.222 e. The average Bonchev–Trinajstić information content (AvgIpc) is 2.18. The summed E-state index contributed by atoms with van der Waals surface area (Å²) in [7, 11) is 0. The fourth-order valence-electron chi connectivity index (χ4n) is 1.21. The van der Waals surface area contributed by atoms with E-state index in [0.717, 1.165) is 32.4 Å². The molecule has 1 saturated heterocycles. The highest BCUT2D eigenvalue weighted by Gasteiger charge is 2.17. The van der Waals surface area contributed by atoms with Crippen LogP contribution in [0.15, 0.2) is 0 Å². The van der Waals surface area contributed by atoms with Crippen LogP contribution in [-0.4, -0.2) is 23.9 Å². The van der Waals surface area contributed by atoms with Gasteiger partial charge in [-0.3, -0.25) is 4.79 Å². The van der Waals surface area contributed by atoms with Crippen molar-refractivity contribution < 1.29 is 4.79 Å². The van der Waals surface area contributed by atoms with Crippen LogP contribution in [0.2, 0.25) is 0 Å². The molecule has 60 valence electrons. The van der Waals surface area contributed by atoms with Gasteiger partial charge in [0.1, 0.15) is 0 Å². The van der Waals surface area contributed by atoms with E-state index >= 15 is 0 Å². The molecule has 3 heteroatoms. The number of hydrogen-bond donors (Lipinski definition) is 1. The quantitative estimate of drug-likeness (QED) is 0.632. The number of rotatable bonds is 2. The molecule has 0 aromatic heterocycles. The molecule has 0 aromatic carbocycles. The first kappa shape index (κ1) is 9.43. The van der Waals surface area contributed by atoms with Crippen LogP contribution in [-0.2, 0) is 4.79 Å². The minimum Gasteiger partial charge on any atom is -0.344 e. The van der Waals surface area contributed by atoms with Crippen molar-refractivity contribution in [3.05, 3.63) is 0 Å². The first-order valence-electron chi connectivity index (χ1n) is 3.62. The van der Waals surface area contributed by atoms with E-state index < -0.39 is 0 Å². The Balaban J connectivity index is 0.000000810. The van der Waals surface area contributed by atoms with Gasteiger partial charge in [-0.1, -0.05) is 6.92 Å². The molecule has 1 aliphatic heterocycles. The molecule has 0 aromatic rings. The molecule has 3 N–H and O–H groups in total. The van der Waals surface area contributed by atoms with Crippen molar-refractivity contribution in [1.29, 1.82) is 0 Å². The van der Waals surface area contributed by atoms with Crippen LogP contribution in [0.3, 0.4) is 0 Å². The summed E-state index contributed by atoms with van der Waals surface area (Å²) in [5, 5.41) is 0. The van der Waals surface area contributed by atoms with Crippen LogP contribution in [0.25, 0.3) is 0 Å². The van der Waals surface area contributed by atoms with Gasteiger partial charge in [-0.05, 0) is 12.8 Å². The summed E-state index contributed by atoms with van der Waals surface area (Å²) in [6.07, 6.45) is 2.94. The zero-order valence-corrected chi connectivity index (χ0v) is 6.60. The van der Waals surface area contributed by atoms with Gasteiger partial charge in [-0.2, -0.15) is 0 Å². The third-order valence-electron chi connectivity index (χ3n) is 1.66. The summed E-state index contributed by atoms with van der Waals surface area (Å²) in [4.78, 5) is 12.8. The Labute approximate surface area is 62.0 Å². The monoisotopic (exact) mass is 144 g/mol. The highest BCUT2D eigenvalue weighted by Crippen LogP contribution is 2.08. The normalized spacial score (nSPS) is 17.3. The van der Waals surface area contributed by atoms with Crippen molar-refractivity contribution in [1.82, 2.24) is 11.1 Å². The van der Waals surface area contributed by atoms with Crippen LogP contribution >= 0.6 is 0 Å². The van der Waals surface area contributed by atoms with Crippen molar-refractivity contribution in [2.45, 2.75) is 26.2 Å². The van der Waals surface area contributed by atoms with Crippen LogP contribution < -0.4 is 6.15 Å². The summed E-state index contributed by atoms with van der Waals surface area (Å²) < 4.78 is 0. The molecule has 1 heterocycles. The zero-order chi connectivity index (χ0) is 6.69. The third-order valence-corrected chi connectivity index (χ3v) is 1.66. The minimum atomic E-state index is 0. The maximum absolute atomic E-state index is 10.9. The Morgan fingerprint density at radius 2 is 2.30 bits per heavy atom. The van der Waals surface area contributed by atoms with E-state index in [-0.39, 0.29) is 6.15 Å². The number of likely N-dealkylation sites (tertiary alicyclic amines) is 1. The fraction of sp³-hybridized carbons (Fsp3) is 0.857. The second-order valence-electron chi connectivity index (χ2n) is 2.48. The van der Waals surface area contributed by atoms with Gasteiger partial charge >= 0.3 is 0 Å². The van der Waals surface area contributed by atoms with Crippen LogP contribution in [0.1, 0.15) is 26.2 Å². The zero-order valence-electron chi connectivity index (χ0n) is 6.60. The molecule has 1 amide bonds. The molecule has 1 fully saturated rings. The maximum atomic E-state index is 10.9. The Morgan fingerprint density at radius 3 is 2.70 bits per heavy atom. The fourth-order valence-corrected chi connectivity index (χ4v) is 1.21. The molecule has 0 aliphatic carbocycles. The third kappa shape index (κ3) is 1.99. The van der Waals surface area contributed by atoms with Crippen molar-refractivity contribution in [3.63, 3.8) is 0 Å². The van der Waals surface area contributed by atoms with Gasteiger partial charge in [0.2, 0.25) is 5.91 Å². The number of amides is 1. The molecule has 1 aliphatic rings. The Morgan fingerprint density at radius 1 is 1.60 bits per heavy atom. The summed E-state index contributed by atoms with van der Waals surface area (Å²) in [5.74, 6) is 0.344. The summed E-state index contributed by atoms with van der Waals surface area (Å²) in [6.45, 7) is 4.05. The molecule has 0 spiro atoms. The minimum absolute atomic E-state index is 0. The van der Waals surface area contributed by atoms with Crippen molar-refractivity contribution in [2.24, 2.45) is 0 Å². The van der Waals surface area contributed by atoms with Gasteiger partial charge < -0.3 is 11.1 Å². The summed E-state index contributed by atoms with van der Waals surface area (Å²) in [5.41, 5.74) is 0. The molecule has 0 saturated carbocycles. The van der Waals surface area contributed by atoms with Gasteiger partial charge in [0.25, 0.3) is 0 Å². The molecule has 10 heavy (non-hydrogen) atoms. The molecule has 3 nitrogen and oxygen atoms in total. The summed E-state index contributed by atoms with van der Waals surface area (Å²) in [6, 6.07) is 0. The van der Waals surface area contributed by atoms with Crippen molar-refractivity contribution in [2.75, 3.05) is 13.1 Å².